The van der Waals surface area contributed by atoms with Gasteiger partial charge < -0.3 is 9.47 Å². The van der Waals surface area contributed by atoms with Crippen LogP contribution in [-0.2, 0) is 0 Å². The molecule has 6 nitrogen and oxygen atoms in total. The molecule has 1 saturated heterocycles. The monoisotopic (exact) mass is 374 g/mol. The first-order valence-electron chi connectivity index (χ1n) is 9.01. The maximum absolute atomic E-state index is 9.20. The van der Waals surface area contributed by atoms with Gasteiger partial charge in [-0.15, -0.1) is 0 Å². The molecule has 140 valence electrons. The molecule has 0 bridgehead atoms. The van der Waals surface area contributed by atoms with Crippen LogP contribution >= 0.6 is 11.8 Å². The number of rotatable bonds is 4. The van der Waals surface area contributed by atoms with Gasteiger partial charge >= 0.3 is 0 Å². The SMILES string of the molecule is CSC(=N)N(C#N)CC1CCN(CC2COc3cc(C)ccc3O2)CC1. The van der Waals surface area contributed by atoms with Crippen LogP contribution in [0.3, 0.4) is 0 Å². The van der Waals surface area contributed by atoms with E-state index in [1.54, 1.807) is 0 Å². The summed E-state index contributed by atoms with van der Waals surface area (Å²) in [5, 5.41) is 17.4. The first-order valence-corrected chi connectivity index (χ1v) is 10.2. The van der Waals surface area contributed by atoms with E-state index in [2.05, 4.69) is 11.1 Å². The molecule has 0 aromatic heterocycles. The number of piperidine rings is 1. The second-order valence-corrected chi connectivity index (χ2v) is 7.76. The number of fused-ring (bicyclic) bond motifs is 1. The van der Waals surface area contributed by atoms with Crippen LogP contribution in [0.4, 0.5) is 0 Å². The van der Waals surface area contributed by atoms with Gasteiger partial charge in [0.15, 0.2) is 22.9 Å². The number of nitrogens with one attached hydrogen (secondary N) is 1. The Kier molecular flexibility index (Phi) is 6.28. The number of likely N-dealkylation sites (tertiary alicyclic amines) is 1. The molecule has 1 aromatic carbocycles. The van der Waals surface area contributed by atoms with E-state index >= 15 is 0 Å². The van der Waals surface area contributed by atoms with Crippen LogP contribution in [-0.4, -0.2) is 60.1 Å². The summed E-state index contributed by atoms with van der Waals surface area (Å²) >= 11 is 1.31. The number of nitrogens with zero attached hydrogens (tertiary/aromatic N) is 3. The van der Waals surface area contributed by atoms with E-state index < -0.39 is 0 Å². The maximum atomic E-state index is 9.20. The number of thioether (sulfide) groups is 1. The summed E-state index contributed by atoms with van der Waals surface area (Å²) in [5.74, 6) is 2.14. The van der Waals surface area contributed by atoms with Crippen LogP contribution in [0.5, 0.6) is 11.5 Å². The van der Waals surface area contributed by atoms with Gasteiger partial charge in [0, 0.05) is 13.1 Å². The molecule has 0 spiro atoms. The molecule has 1 fully saturated rings. The predicted molar refractivity (Wildman–Crippen MR) is 104 cm³/mol. The molecule has 26 heavy (non-hydrogen) atoms. The summed E-state index contributed by atoms with van der Waals surface area (Å²) in [6.45, 7) is 6.15. The molecule has 1 unspecified atom stereocenters. The number of hydrogen-bond donors (Lipinski definition) is 1. The average molecular weight is 375 g/mol. The van der Waals surface area contributed by atoms with E-state index in [9.17, 15) is 5.26 Å². The Morgan fingerprint density at radius 3 is 2.85 bits per heavy atom. The summed E-state index contributed by atoms with van der Waals surface area (Å²) in [7, 11) is 0. The molecule has 0 saturated carbocycles. The van der Waals surface area contributed by atoms with E-state index in [1.165, 1.54) is 22.2 Å². The first-order chi connectivity index (χ1) is 12.6. The lowest BCUT2D eigenvalue weighted by molar-refractivity contribution is 0.0470. The van der Waals surface area contributed by atoms with Gasteiger partial charge in [0.25, 0.3) is 0 Å². The van der Waals surface area contributed by atoms with Crippen molar-refractivity contribution in [2.24, 2.45) is 5.92 Å². The molecular formula is C19H26N4O2S. The lowest BCUT2D eigenvalue weighted by Crippen LogP contribution is -2.45. The van der Waals surface area contributed by atoms with Gasteiger partial charge in [-0.25, -0.2) is 0 Å². The van der Waals surface area contributed by atoms with Crippen molar-refractivity contribution in [1.82, 2.24) is 9.80 Å². The number of hydrogen-bond acceptors (Lipinski definition) is 6. The zero-order valence-corrected chi connectivity index (χ0v) is 16.2. The summed E-state index contributed by atoms with van der Waals surface area (Å²) in [6.07, 6.45) is 6.11. The molecule has 0 amide bonds. The number of benzene rings is 1. The second kappa shape index (κ2) is 8.65. The fraction of sp³-hybridized carbons (Fsp3) is 0.579. The smallest absolute Gasteiger partial charge is 0.185 e. The van der Waals surface area contributed by atoms with Crippen LogP contribution in [0.1, 0.15) is 18.4 Å². The van der Waals surface area contributed by atoms with Crippen LogP contribution in [0, 0.1) is 29.7 Å². The van der Waals surface area contributed by atoms with E-state index in [-0.39, 0.29) is 6.10 Å². The predicted octanol–water partition coefficient (Wildman–Crippen LogP) is 2.93. The van der Waals surface area contributed by atoms with Gasteiger partial charge in [0.2, 0.25) is 0 Å². The van der Waals surface area contributed by atoms with Gasteiger partial charge in [-0.2, -0.15) is 5.26 Å². The average Bonchev–Trinajstić information content (AvgIpc) is 2.67. The quantitative estimate of drug-likeness (QED) is 0.378. The molecular weight excluding hydrogens is 348 g/mol. The van der Waals surface area contributed by atoms with Crippen molar-refractivity contribution in [3.8, 4) is 17.7 Å². The van der Waals surface area contributed by atoms with E-state index in [0.29, 0.717) is 24.2 Å². The van der Waals surface area contributed by atoms with Gasteiger partial charge in [-0.1, -0.05) is 17.8 Å². The Balaban J connectivity index is 1.45. The molecule has 3 rings (SSSR count). The molecule has 7 heteroatoms. The van der Waals surface area contributed by atoms with Crippen molar-refractivity contribution in [1.29, 1.82) is 10.7 Å². The van der Waals surface area contributed by atoms with Gasteiger partial charge in [-0.05, 0) is 62.7 Å². The summed E-state index contributed by atoms with van der Waals surface area (Å²) < 4.78 is 12.0. The van der Waals surface area contributed by atoms with E-state index in [4.69, 9.17) is 14.9 Å². The van der Waals surface area contributed by atoms with Crippen molar-refractivity contribution >= 4 is 16.9 Å². The van der Waals surface area contributed by atoms with Crippen LogP contribution < -0.4 is 9.47 Å². The Morgan fingerprint density at radius 2 is 2.15 bits per heavy atom. The molecule has 0 radical (unpaired) electrons. The van der Waals surface area contributed by atoms with Crippen molar-refractivity contribution < 1.29 is 9.47 Å². The maximum Gasteiger partial charge on any atom is 0.185 e. The van der Waals surface area contributed by atoms with Crippen LogP contribution in [0.2, 0.25) is 0 Å². The molecule has 2 aliphatic heterocycles. The fourth-order valence-corrected chi connectivity index (χ4v) is 3.82. The van der Waals surface area contributed by atoms with Crippen molar-refractivity contribution in [3.63, 3.8) is 0 Å². The third-order valence-electron chi connectivity index (χ3n) is 4.99. The van der Waals surface area contributed by atoms with Gasteiger partial charge in [-0.3, -0.25) is 15.2 Å². The Bertz CT molecular complexity index is 683. The highest BCUT2D eigenvalue weighted by molar-refractivity contribution is 8.13. The highest BCUT2D eigenvalue weighted by Crippen LogP contribution is 2.32. The molecule has 0 aliphatic carbocycles. The molecule has 1 aromatic rings. The molecule has 1 atom stereocenters. The molecule has 2 heterocycles. The highest BCUT2D eigenvalue weighted by Gasteiger charge is 2.27. The minimum absolute atomic E-state index is 0.0574. The van der Waals surface area contributed by atoms with Crippen molar-refractivity contribution in [2.75, 3.05) is 39.0 Å². The standard InChI is InChI=1S/C19H26N4O2S/c1-14-3-4-17-18(9-14)24-12-16(25-17)11-22-7-5-15(6-8-22)10-23(13-20)19(21)26-2/h3-4,9,15-16,21H,5-8,10-12H2,1-2H3. The number of ether oxygens (including phenoxy) is 2. The largest absolute Gasteiger partial charge is 0.486 e. The lowest BCUT2D eigenvalue weighted by atomic mass is 9.96. The van der Waals surface area contributed by atoms with E-state index in [1.807, 2.05) is 31.4 Å². The number of aryl methyl sites for hydroxylation is 1. The van der Waals surface area contributed by atoms with Crippen LogP contribution in [0.15, 0.2) is 18.2 Å². The minimum Gasteiger partial charge on any atom is -0.486 e. The summed E-state index contributed by atoms with van der Waals surface area (Å²) in [4.78, 5) is 3.92. The van der Waals surface area contributed by atoms with E-state index in [0.717, 1.165) is 44.0 Å². The molecule has 2 aliphatic rings. The summed E-state index contributed by atoms with van der Waals surface area (Å²) in [5.41, 5.74) is 1.17. The minimum atomic E-state index is 0.0574. The zero-order valence-electron chi connectivity index (χ0n) is 15.4. The summed E-state index contributed by atoms with van der Waals surface area (Å²) in [6, 6.07) is 6.05. The Morgan fingerprint density at radius 1 is 1.38 bits per heavy atom. The topological polar surface area (TPSA) is 72.6 Å². The molecule has 1 N–H and O–H groups in total. The van der Waals surface area contributed by atoms with Gasteiger partial charge in [0.05, 0.1) is 0 Å². The van der Waals surface area contributed by atoms with Crippen molar-refractivity contribution in [2.45, 2.75) is 25.9 Å². The Labute approximate surface area is 159 Å². The normalized spacial score (nSPS) is 20.4. The fourth-order valence-electron chi connectivity index (χ4n) is 3.49. The number of nitriles is 1. The Hall–Kier alpha value is -1.91. The van der Waals surface area contributed by atoms with Gasteiger partial charge in [0.1, 0.15) is 12.7 Å². The second-order valence-electron chi connectivity index (χ2n) is 6.96. The lowest BCUT2D eigenvalue weighted by Gasteiger charge is -2.36. The third-order valence-corrected chi connectivity index (χ3v) is 5.59. The third kappa shape index (κ3) is 4.63. The zero-order chi connectivity index (χ0) is 18.5. The first kappa shape index (κ1) is 18.9. The number of amidine groups is 1. The highest BCUT2D eigenvalue weighted by atomic mass is 32.2. The van der Waals surface area contributed by atoms with Crippen LogP contribution in [0.25, 0.3) is 0 Å². The van der Waals surface area contributed by atoms with Crippen molar-refractivity contribution in [3.05, 3.63) is 23.8 Å².